The highest BCUT2D eigenvalue weighted by Crippen LogP contribution is 2.30. The fourth-order valence-electron chi connectivity index (χ4n) is 2.80. The van der Waals surface area contributed by atoms with Crippen LogP contribution in [-0.2, 0) is 4.74 Å². The summed E-state index contributed by atoms with van der Waals surface area (Å²) in [5.74, 6) is 2.91. The van der Waals surface area contributed by atoms with E-state index in [0.717, 1.165) is 30.3 Å². The second-order valence-electron chi connectivity index (χ2n) is 5.72. The molecule has 108 valence electrons. The molecule has 1 unspecified atom stereocenters. The van der Waals surface area contributed by atoms with Crippen LogP contribution in [-0.4, -0.2) is 0 Å². The molecule has 0 N–H and O–H groups in total. The number of hydrogen-bond acceptors (Lipinski definition) is 1. The summed E-state index contributed by atoms with van der Waals surface area (Å²) < 4.78 is 5.85. The van der Waals surface area contributed by atoms with Crippen molar-refractivity contribution in [1.82, 2.24) is 0 Å². The molecule has 0 bridgehead atoms. The first-order valence-corrected chi connectivity index (χ1v) is 7.79. The van der Waals surface area contributed by atoms with Crippen LogP contribution in [0.25, 0.3) is 0 Å². The van der Waals surface area contributed by atoms with Crippen LogP contribution in [0.1, 0.15) is 52.4 Å². The lowest BCUT2D eigenvalue weighted by Crippen LogP contribution is -2.06. The predicted octanol–water partition coefficient (Wildman–Crippen LogP) is 5.83. The van der Waals surface area contributed by atoms with Gasteiger partial charge in [0.25, 0.3) is 0 Å². The molecule has 0 aromatic heterocycles. The molecule has 0 saturated heterocycles. The van der Waals surface area contributed by atoms with E-state index in [2.05, 4.69) is 24.3 Å². The van der Waals surface area contributed by atoms with E-state index >= 15 is 0 Å². The van der Waals surface area contributed by atoms with E-state index in [1.54, 1.807) is 5.57 Å². The van der Waals surface area contributed by atoms with E-state index in [1.165, 1.54) is 25.7 Å². The molecule has 0 fully saturated rings. The molecule has 2 aliphatic carbocycles. The number of rotatable bonds is 5. The highest BCUT2D eigenvalue weighted by Gasteiger charge is 2.14. The zero-order valence-electron chi connectivity index (χ0n) is 12.8. The van der Waals surface area contributed by atoms with Gasteiger partial charge < -0.3 is 4.74 Å². The third kappa shape index (κ3) is 4.88. The molecular weight excluding hydrogens is 244 g/mol. The van der Waals surface area contributed by atoms with Gasteiger partial charge in [0.15, 0.2) is 0 Å². The minimum absolute atomic E-state index is 0.860. The highest BCUT2D eigenvalue weighted by molar-refractivity contribution is 5.23. The van der Waals surface area contributed by atoms with Gasteiger partial charge in [0, 0.05) is 6.42 Å². The Hall–Kier alpha value is -1.50. The first-order chi connectivity index (χ1) is 9.78. The molecule has 0 saturated carbocycles. The molecule has 2 aliphatic rings. The maximum Gasteiger partial charge on any atom is 0.104 e. The summed E-state index contributed by atoms with van der Waals surface area (Å²) in [7, 11) is 0. The van der Waals surface area contributed by atoms with E-state index in [-0.39, 0.29) is 0 Å². The highest BCUT2D eigenvalue weighted by atomic mass is 16.5. The van der Waals surface area contributed by atoms with Crippen LogP contribution >= 0.6 is 0 Å². The summed E-state index contributed by atoms with van der Waals surface area (Å²) in [4.78, 5) is 0. The van der Waals surface area contributed by atoms with Gasteiger partial charge in [-0.25, -0.2) is 0 Å². The predicted molar refractivity (Wildman–Crippen MR) is 86.2 cm³/mol. The summed E-state index contributed by atoms with van der Waals surface area (Å²) >= 11 is 0. The summed E-state index contributed by atoms with van der Waals surface area (Å²) in [6.45, 7) is 4.02. The van der Waals surface area contributed by atoms with Gasteiger partial charge >= 0.3 is 0 Å². The normalized spacial score (nSPS) is 23.7. The van der Waals surface area contributed by atoms with E-state index < -0.39 is 0 Å². The summed E-state index contributed by atoms with van der Waals surface area (Å²) in [6.07, 6.45) is 22.5. The molecule has 1 atom stereocenters. The van der Waals surface area contributed by atoms with Gasteiger partial charge in [-0.05, 0) is 64.0 Å². The Balaban J connectivity index is 1.85. The van der Waals surface area contributed by atoms with Gasteiger partial charge in [-0.3, -0.25) is 0 Å². The maximum atomic E-state index is 5.85. The van der Waals surface area contributed by atoms with Crippen LogP contribution in [0, 0.1) is 5.92 Å². The Bertz CT molecular complexity index is 460. The van der Waals surface area contributed by atoms with Crippen molar-refractivity contribution < 1.29 is 4.74 Å². The van der Waals surface area contributed by atoms with Crippen LogP contribution in [0.3, 0.4) is 0 Å². The van der Waals surface area contributed by atoms with Crippen LogP contribution in [0.2, 0.25) is 0 Å². The van der Waals surface area contributed by atoms with Crippen LogP contribution in [0.15, 0.2) is 59.6 Å². The van der Waals surface area contributed by atoms with Crippen molar-refractivity contribution in [1.29, 1.82) is 0 Å². The van der Waals surface area contributed by atoms with Crippen LogP contribution in [0.4, 0.5) is 0 Å². The first kappa shape index (κ1) is 14.9. The molecule has 0 aliphatic heterocycles. The van der Waals surface area contributed by atoms with Gasteiger partial charge in [0.05, 0.1) is 0 Å². The topological polar surface area (TPSA) is 9.23 Å². The average molecular weight is 270 g/mol. The molecule has 0 aromatic rings. The molecule has 0 heterocycles. The van der Waals surface area contributed by atoms with Crippen molar-refractivity contribution in [3.63, 3.8) is 0 Å². The summed E-state index contributed by atoms with van der Waals surface area (Å²) in [5, 5.41) is 0. The first-order valence-electron chi connectivity index (χ1n) is 7.79. The standard InChI is InChI=1S/C19H26O/c1-3-4-8-16(2)20-19-13-11-18(12-14-19)15-17-9-6-5-7-10-17/h3-6,8,11,13,17H,7,9-10,12,14-15H2,1-2H3/b4-3+,16-8+. The minimum Gasteiger partial charge on any atom is -0.466 e. The molecule has 0 amide bonds. The molecular formula is C19H26O. The molecule has 0 spiro atoms. The Morgan fingerprint density at radius 2 is 2.20 bits per heavy atom. The summed E-state index contributed by atoms with van der Waals surface area (Å²) in [5.41, 5.74) is 1.59. The van der Waals surface area contributed by atoms with Crippen molar-refractivity contribution >= 4 is 0 Å². The Kier molecular flexibility index (Phi) is 5.91. The molecule has 1 nitrogen and oxygen atoms in total. The van der Waals surface area contributed by atoms with Crippen molar-refractivity contribution in [3.8, 4) is 0 Å². The van der Waals surface area contributed by atoms with Gasteiger partial charge in [0.2, 0.25) is 0 Å². The third-order valence-electron chi connectivity index (χ3n) is 3.94. The Morgan fingerprint density at radius 1 is 1.30 bits per heavy atom. The molecule has 2 rings (SSSR count). The second kappa shape index (κ2) is 7.94. The van der Waals surface area contributed by atoms with Crippen LogP contribution < -0.4 is 0 Å². The fourth-order valence-corrected chi connectivity index (χ4v) is 2.80. The lowest BCUT2D eigenvalue weighted by molar-refractivity contribution is 0.289. The van der Waals surface area contributed by atoms with Crippen molar-refractivity contribution in [2.75, 3.05) is 0 Å². The summed E-state index contributed by atoms with van der Waals surface area (Å²) in [6, 6.07) is 0. The molecule has 0 radical (unpaired) electrons. The Labute approximate surface area is 123 Å². The lowest BCUT2D eigenvalue weighted by atomic mass is 9.86. The largest absolute Gasteiger partial charge is 0.466 e. The monoisotopic (exact) mass is 270 g/mol. The van der Waals surface area contributed by atoms with E-state index in [1.807, 2.05) is 32.1 Å². The number of ether oxygens (including phenoxy) is 1. The Morgan fingerprint density at radius 3 is 2.85 bits per heavy atom. The van der Waals surface area contributed by atoms with Crippen molar-refractivity contribution in [3.05, 3.63) is 59.6 Å². The maximum absolute atomic E-state index is 5.85. The quantitative estimate of drug-likeness (QED) is 0.347. The van der Waals surface area contributed by atoms with Crippen molar-refractivity contribution in [2.45, 2.75) is 52.4 Å². The van der Waals surface area contributed by atoms with Crippen LogP contribution in [0.5, 0.6) is 0 Å². The lowest BCUT2D eigenvalue weighted by Gasteiger charge is -2.21. The fraction of sp³-hybridized carbons (Fsp3) is 0.474. The molecule has 0 aromatic carbocycles. The zero-order chi connectivity index (χ0) is 14.2. The van der Waals surface area contributed by atoms with Gasteiger partial charge in [-0.1, -0.05) is 36.0 Å². The van der Waals surface area contributed by atoms with E-state index in [0.29, 0.717) is 0 Å². The third-order valence-corrected chi connectivity index (χ3v) is 3.94. The molecule has 1 heteroatoms. The number of allylic oxidation sites excluding steroid dienone is 10. The van der Waals surface area contributed by atoms with E-state index in [4.69, 9.17) is 4.74 Å². The minimum atomic E-state index is 0.860. The average Bonchev–Trinajstić information content (AvgIpc) is 2.48. The number of hydrogen-bond donors (Lipinski definition) is 0. The SMILES string of the molecule is C/C=C/C=C(\C)OC1=CC=C(CC2CC=CCC2)CC1. The second-order valence-corrected chi connectivity index (χ2v) is 5.72. The van der Waals surface area contributed by atoms with Gasteiger partial charge in [-0.2, -0.15) is 0 Å². The van der Waals surface area contributed by atoms with Gasteiger partial charge in [-0.15, -0.1) is 0 Å². The zero-order valence-corrected chi connectivity index (χ0v) is 12.8. The van der Waals surface area contributed by atoms with E-state index in [9.17, 15) is 0 Å². The van der Waals surface area contributed by atoms with Gasteiger partial charge in [0.1, 0.15) is 11.5 Å². The van der Waals surface area contributed by atoms with Crippen molar-refractivity contribution in [2.24, 2.45) is 5.92 Å². The molecule has 20 heavy (non-hydrogen) atoms. The smallest absolute Gasteiger partial charge is 0.104 e.